The van der Waals surface area contributed by atoms with Crippen LogP contribution >= 0.6 is 0 Å². The number of allylic oxidation sites excluding steroid dienone is 7. The molecule has 0 radical (unpaired) electrons. The van der Waals surface area contributed by atoms with Crippen molar-refractivity contribution in [1.29, 1.82) is 0 Å². The van der Waals surface area contributed by atoms with Crippen molar-refractivity contribution < 1.29 is 35.3 Å². The van der Waals surface area contributed by atoms with Crippen LogP contribution in [0.15, 0.2) is 120 Å². The molecule has 1 saturated heterocycles. The normalized spacial score (nSPS) is 20.6. The predicted molar refractivity (Wildman–Crippen MR) is 237 cm³/mol. The molecule has 4 aliphatic rings. The van der Waals surface area contributed by atoms with Crippen molar-refractivity contribution in [3.05, 3.63) is 131 Å². The topological polar surface area (TPSA) is 127 Å². The van der Waals surface area contributed by atoms with Crippen LogP contribution in [0.1, 0.15) is 64.5 Å². The van der Waals surface area contributed by atoms with Gasteiger partial charge in [0.05, 0.1) is 30.1 Å². The Labute approximate surface area is 348 Å². The maximum Gasteiger partial charge on any atom is 0.265 e. The Kier molecular flexibility index (Phi) is 11.0. The molecule has 10 nitrogen and oxygen atoms in total. The van der Waals surface area contributed by atoms with Crippen molar-refractivity contribution in [2.24, 2.45) is 0 Å². The monoisotopic (exact) mass is 836 g/mol. The number of anilines is 1. The quantitative estimate of drug-likeness (QED) is 0.107. The van der Waals surface area contributed by atoms with Gasteiger partial charge in [0.25, 0.3) is 20.2 Å². The molecule has 3 heterocycles. The van der Waals surface area contributed by atoms with E-state index in [9.17, 15) is 25.9 Å². The summed E-state index contributed by atoms with van der Waals surface area (Å²) in [6.45, 7) is 12.6. The van der Waals surface area contributed by atoms with E-state index >= 15 is 0 Å². The van der Waals surface area contributed by atoms with Crippen LogP contribution in [0.4, 0.5) is 11.4 Å². The van der Waals surface area contributed by atoms with Crippen molar-refractivity contribution >= 4 is 58.9 Å². The van der Waals surface area contributed by atoms with Crippen molar-refractivity contribution in [2.45, 2.75) is 64.2 Å². The number of nitrogens with zero attached hydrogens (tertiary/aromatic N) is 3. The smallest absolute Gasteiger partial charge is 0.265 e. The number of morpholine rings is 1. The summed E-state index contributed by atoms with van der Waals surface area (Å²) < 4.78 is 74.4. The molecule has 2 N–H and O–H groups in total. The lowest BCUT2D eigenvalue weighted by Crippen LogP contribution is -2.36. The van der Waals surface area contributed by atoms with Crippen LogP contribution in [-0.2, 0) is 35.8 Å². The highest BCUT2D eigenvalue weighted by atomic mass is 32.2. The molecule has 0 aromatic heterocycles. The molecule has 59 heavy (non-hydrogen) atoms. The van der Waals surface area contributed by atoms with Gasteiger partial charge in [-0.1, -0.05) is 80.6 Å². The number of hydrogen-bond donors (Lipinski definition) is 2. The van der Waals surface area contributed by atoms with Gasteiger partial charge in [0, 0.05) is 66.3 Å². The van der Waals surface area contributed by atoms with E-state index in [0.29, 0.717) is 26.3 Å². The highest BCUT2D eigenvalue weighted by Gasteiger charge is 2.46. The lowest BCUT2D eigenvalue weighted by atomic mass is 9.79. The number of fused-ring (bicyclic) bond motifs is 6. The Morgan fingerprint density at radius 3 is 2.03 bits per heavy atom. The molecule has 1 fully saturated rings. The van der Waals surface area contributed by atoms with Crippen LogP contribution in [-0.4, -0.2) is 92.0 Å². The van der Waals surface area contributed by atoms with E-state index in [1.54, 1.807) is 0 Å². The van der Waals surface area contributed by atoms with Crippen molar-refractivity contribution in [3.63, 3.8) is 0 Å². The molecular formula is C47H54N3O7S2+. The van der Waals surface area contributed by atoms with Crippen LogP contribution in [0, 0.1) is 0 Å². The molecule has 4 aromatic rings. The zero-order valence-corrected chi connectivity index (χ0v) is 35.9. The molecule has 3 aliphatic heterocycles. The number of hydrogen-bond acceptors (Lipinski definition) is 7. The van der Waals surface area contributed by atoms with Gasteiger partial charge in [-0.25, -0.2) is 0 Å². The molecule has 310 valence electrons. The van der Waals surface area contributed by atoms with Crippen LogP contribution < -0.4 is 4.90 Å². The molecule has 0 spiro atoms. The van der Waals surface area contributed by atoms with Gasteiger partial charge in [-0.2, -0.15) is 21.4 Å². The molecule has 4 aromatic carbocycles. The summed E-state index contributed by atoms with van der Waals surface area (Å²) in [6.07, 6.45) is 11.2. The van der Waals surface area contributed by atoms with Crippen molar-refractivity contribution in [2.75, 3.05) is 55.8 Å². The fourth-order valence-corrected chi connectivity index (χ4v) is 10.9. The van der Waals surface area contributed by atoms with E-state index < -0.39 is 31.1 Å². The minimum absolute atomic E-state index is 0.282. The van der Waals surface area contributed by atoms with Gasteiger partial charge in [-0.15, -0.1) is 0 Å². The van der Waals surface area contributed by atoms with Gasteiger partial charge in [0.1, 0.15) is 6.54 Å². The SMILES string of the molecule is CC1(C)C(=CC=C2CCC(C=CC3=[N+](CCCS(=O)(=O)O)c4ccc5ccccc5c4C3(C)C)=C2N2CCOCC2)N(CCCS(=O)(=O)O)c2ccc3ccccc3c21. The van der Waals surface area contributed by atoms with E-state index in [2.05, 4.69) is 127 Å². The molecule has 0 atom stereocenters. The van der Waals surface area contributed by atoms with E-state index in [4.69, 9.17) is 4.74 Å². The summed E-state index contributed by atoms with van der Waals surface area (Å²) in [4.78, 5) is 4.66. The Bertz CT molecular complexity index is 2720. The molecule has 0 unspecified atom stereocenters. The minimum atomic E-state index is -4.11. The lowest BCUT2D eigenvalue weighted by molar-refractivity contribution is -0.437. The van der Waals surface area contributed by atoms with Gasteiger partial charge in [-0.3, -0.25) is 9.11 Å². The van der Waals surface area contributed by atoms with Crippen LogP contribution in [0.5, 0.6) is 0 Å². The Hall–Kier alpha value is -4.59. The zero-order valence-electron chi connectivity index (χ0n) is 34.3. The Morgan fingerprint density at radius 1 is 0.729 bits per heavy atom. The molecule has 1 aliphatic carbocycles. The van der Waals surface area contributed by atoms with E-state index in [1.165, 1.54) is 38.7 Å². The van der Waals surface area contributed by atoms with Crippen LogP contribution in [0.2, 0.25) is 0 Å². The Balaban J connectivity index is 1.21. The lowest BCUT2D eigenvalue weighted by Gasteiger charge is -2.31. The van der Waals surface area contributed by atoms with E-state index in [1.807, 2.05) is 12.1 Å². The average molecular weight is 837 g/mol. The maximum atomic E-state index is 11.8. The first kappa shape index (κ1) is 41.2. The van der Waals surface area contributed by atoms with Gasteiger partial charge >= 0.3 is 0 Å². The van der Waals surface area contributed by atoms with Gasteiger partial charge in [0.15, 0.2) is 5.71 Å². The summed E-state index contributed by atoms with van der Waals surface area (Å²) in [5.41, 5.74) is 9.54. The Morgan fingerprint density at radius 2 is 1.36 bits per heavy atom. The summed E-state index contributed by atoms with van der Waals surface area (Å²) >= 11 is 0. The molecular weight excluding hydrogens is 783 g/mol. The summed E-state index contributed by atoms with van der Waals surface area (Å²) in [5.74, 6) is -0.619. The molecule has 8 rings (SSSR count). The van der Waals surface area contributed by atoms with Crippen LogP contribution in [0.25, 0.3) is 21.5 Å². The second-order valence-electron chi connectivity index (χ2n) is 17.1. The van der Waals surface area contributed by atoms with Gasteiger partial charge in [-0.05, 0) is 89.6 Å². The number of benzene rings is 4. The minimum Gasteiger partial charge on any atom is -0.378 e. The maximum absolute atomic E-state index is 11.8. The fourth-order valence-electron chi connectivity index (χ4n) is 9.95. The molecule has 12 heteroatoms. The van der Waals surface area contributed by atoms with Crippen LogP contribution in [0.3, 0.4) is 0 Å². The number of rotatable bonds is 12. The predicted octanol–water partition coefficient (Wildman–Crippen LogP) is 8.47. The highest BCUT2D eigenvalue weighted by Crippen LogP contribution is 2.51. The van der Waals surface area contributed by atoms with E-state index in [-0.39, 0.29) is 24.3 Å². The first-order valence-electron chi connectivity index (χ1n) is 20.6. The zero-order chi connectivity index (χ0) is 41.7. The van der Waals surface area contributed by atoms with Gasteiger partial charge < -0.3 is 14.5 Å². The fraction of sp³-hybridized carbons (Fsp3) is 0.383. The van der Waals surface area contributed by atoms with Crippen molar-refractivity contribution in [1.82, 2.24) is 4.90 Å². The number of ether oxygens (including phenoxy) is 1. The van der Waals surface area contributed by atoms with Crippen molar-refractivity contribution in [3.8, 4) is 0 Å². The average Bonchev–Trinajstić information content (AvgIpc) is 3.77. The second-order valence-corrected chi connectivity index (χ2v) is 20.3. The molecule has 0 amide bonds. The molecule has 0 saturated carbocycles. The second kappa shape index (κ2) is 15.8. The standard InChI is InChI=1S/C47H53N3O7S2/c1-46(2)41(49(25-9-31-58(51,52)53)39-21-17-33-11-5-7-13-37(33)43(39)46)23-19-35-15-16-36(45(35)48-27-29-57-30-28-48)20-24-42-47(3,4)44-38-14-8-6-12-34(38)18-22-40(44)50(42)26-10-32-59(54,55)56/h5-8,11-14,17-24H,9-10,15-16,25-32H2,1-4H3,(H-,51,52,53,54,55,56)/p+1. The molecule has 0 bridgehead atoms. The van der Waals surface area contributed by atoms with Gasteiger partial charge in [0.2, 0.25) is 5.69 Å². The highest BCUT2D eigenvalue weighted by molar-refractivity contribution is 7.86. The largest absolute Gasteiger partial charge is 0.378 e. The van der Waals surface area contributed by atoms with E-state index in [0.717, 1.165) is 59.5 Å². The third-order valence-electron chi connectivity index (χ3n) is 12.6. The summed E-state index contributed by atoms with van der Waals surface area (Å²) in [6, 6.07) is 25.3. The summed E-state index contributed by atoms with van der Waals surface area (Å²) in [7, 11) is -8.22. The third kappa shape index (κ3) is 8.05. The first-order chi connectivity index (χ1) is 28.0. The third-order valence-corrected chi connectivity index (χ3v) is 14.2. The first-order valence-corrected chi connectivity index (χ1v) is 23.8. The summed E-state index contributed by atoms with van der Waals surface area (Å²) in [5, 5.41) is 4.64.